The first-order valence-corrected chi connectivity index (χ1v) is 4.34. The number of alkyl halides is 1. The van der Waals surface area contributed by atoms with Gasteiger partial charge in [0.15, 0.2) is 0 Å². The predicted molar refractivity (Wildman–Crippen MR) is 49.9 cm³/mol. The molecule has 0 saturated carbocycles. The van der Waals surface area contributed by atoms with Crippen molar-refractivity contribution < 1.29 is 26.7 Å². The highest BCUT2D eigenvalue weighted by Gasteiger charge is 2.19. The molecule has 80 valence electrons. The fourth-order valence-electron chi connectivity index (χ4n) is 0.927. The Bertz CT molecular complexity index is 142. The summed E-state index contributed by atoms with van der Waals surface area (Å²) < 4.78 is 5.59. The normalized spacial score (nSPS) is 12.9. The SMILES string of the molecule is C=COC[N+](C)(C)CC(O)CCl.[Cl-]. The highest BCUT2D eigenvalue weighted by molar-refractivity contribution is 6.18. The van der Waals surface area contributed by atoms with E-state index in [0.717, 1.165) is 0 Å². The molecule has 0 radical (unpaired) electrons. The van der Waals surface area contributed by atoms with Crippen LogP contribution in [0.4, 0.5) is 0 Å². The first-order chi connectivity index (χ1) is 5.52. The summed E-state index contributed by atoms with van der Waals surface area (Å²) in [4.78, 5) is 0. The maximum atomic E-state index is 9.26. The van der Waals surface area contributed by atoms with Gasteiger partial charge in [0.1, 0.15) is 12.6 Å². The van der Waals surface area contributed by atoms with Crippen LogP contribution in [-0.2, 0) is 4.74 Å². The van der Waals surface area contributed by atoms with Crippen LogP contribution < -0.4 is 12.4 Å². The molecule has 0 spiro atoms. The van der Waals surface area contributed by atoms with E-state index in [1.54, 1.807) is 0 Å². The minimum Gasteiger partial charge on any atom is -1.00 e. The fourth-order valence-corrected chi connectivity index (χ4v) is 1.02. The van der Waals surface area contributed by atoms with Crippen molar-refractivity contribution in [2.75, 3.05) is 33.3 Å². The Labute approximate surface area is 90.9 Å². The van der Waals surface area contributed by atoms with Crippen molar-refractivity contribution >= 4 is 11.6 Å². The lowest BCUT2D eigenvalue weighted by Gasteiger charge is -2.29. The molecule has 3 nitrogen and oxygen atoms in total. The third-order valence-corrected chi connectivity index (χ3v) is 1.78. The first kappa shape index (κ1) is 15.5. The number of hydrogen-bond donors (Lipinski definition) is 1. The topological polar surface area (TPSA) is 29.5 Å². The zero-order valence-electron chi connectivity index (χ0n) is 8.04. The first-order valence-electron chi connectivity index (χ1n) is 3.80. The second kappa shape index (κ2) is 7.44. The standard InChI is InChI=1S/C8H17ClNO2.ClH/c1-4-12-7-10(2,3)6-8(11)5-9;/h4,8,11H,1,5-7H2,2-3H3;1H/q+1;/p-1. The van der Waals surface area contributed by atoms with Crippen LogP contribution in [0.5, 0.6) is 0 Å². The Hall–Kier alpha value is 0.0400. The number of hydrogen-bond acceptors (Lipinski definition) is 2. The molecule has 0 rings (SSSR count). The van der Waals surface area contributed by atoms with Gasteiger partial charge in [0.2, 0.25) is 6.73 Å². The number of quaternary nitrogens is 1. The molecular formula is C8H17Cl2NO2. The molecule has 1 unspecified atom stereocenters. The van der Waals surface area contributed by atoms with Crippen molar-refractivity contribution in [3.8, 4) is 0 Å². The summed E-state index contributed by atoms with van der Waals surface area (Å²) >= 11 is 5.47. The van der Waals surface area contributed by atoms with E-state index in [2.05, 4.69) is 6.58 Å². The molecule has 0 aliphatic heterocycles. The van der Waals surface area contributed by atoms with E-state index in [4.69, 9.17) is 16.3 Å². The Morgan fingerprint density at radius 1 is 1.62 bits per heavy atom. The molecular weight excluding hydrogens is 213 g/mol. The van der Waals surface area contributed by atoms with Gasteiger partial charge < -0.3 is 22.3 Å². The number of rotatable bonds is 6. The Morgan fingerprint density at radius 2 is 2.15 bits per heavy atom. The highest BCUT2D eigenvalue weighted by Crippen LogP contribution is 2.01. The van der Waals surface area contributed by atoms with Gasteiger partial charge in [-0.05, 0) is 0 Å². The lowest BCUT2D eigenvalue weighted by Crippen LogP contribution is -3.00. The quantitative estimate of drug-likeness (QED) is 0.242. The molecule has 0 amide bonds. The molecule has 0 aromatic carbocycles. The number of likely N-dealkylation sites (N-methyl/N-ethyl adjacent to an activating group) is 1. The van der Waals surface area contributed by atoms with Crippen molar-refractivity contribution in [2.24, 2.45) is 0 Å². The van der Waals surface area contributed by atoms with Gasteiger partial charge in [-0.1, -0.05) is 6.58 Å². The van der Waals surface area contributed by atoms with E-state index < -0.39 is 6.10 Å². The summed E-state index contributed by atoms with van der Waals surface area (Å²) in [6.07, 6.45) is 0.919. The number of aliphatic hydroxyl groups excluding tert-OH is 1. The van der Waals surface area contributed by atoms with Crippen molar-refractivity contribution in [3.05, 3.63) is 12.8 Å². The van der Waals surface area contributed by atoms with Crippen LogP contribution in [0.1, 0.15) is 0 Å². The third kappa shape index (κ3) is 8.37. The van der Waals surface area contributed by atoms with Gasteiger partial charge >= 0.3 is 0 Å². The van der Waals surface area contributed by atoms with Crippen LogP contribution >= 0.6 is 11.6 Å². The van der Waals surface area contributed by atoms with Crippen molar-refractivity contribution in [1.82, 2.24) is 0 Å². The molecule has 0 fully saturated rings. The van der Waals surface area contributed by atoms with E-state index >= 15 is 0 Å². The molecule has 0 aromatic heterocycles. The lowest BCUT2D eigenvalue weighted by molar-refractivity contribution is -0.910. The molecule has 1 atom stereocenters. The number of ether oxygens (including phenoxy) is 1. The minimum absolute atomic E-state index is 0. The van der Waals surface area contributed by atoms with Gasteiger partial charge in [-0.15, -0.1) is 11.6 Å². The van der Waals surface area contributed by atoms with E-state index in [1.165, 1.54) is 6.26 Å². The van der Waals surface area contributed by atoms with Crippen molar-refractivity contribution in [3.63, 3.8) is 0 Å². The maximum Gasteiger partial charge on any atom is 0.222 e. The van der Waals surface area contributed by atoms with Gasteiger partial charge in [-0.25, -0.2) is 0 Å². The Morgan fingerprint density at radius 3 is 2.54 bits per heavy atom. The smallest absolute Gasteiger partial charge is 0.222 e. The Kier molecular flexibility index (Phi) is 8.88. The van der Waals surface area contributed by atoms with Crippen LogP contribution in [0.3, 0.4) is 0 Å². The summed E-state index contributed by atoms with van der Waals surface area (Å²) in [5.41, 5.74) is 0. The fraction of sp³-hybridized carbons (Fsp3) is 0.750. The van der Waals surface area contributed by atoms with Crippen LogP contribution in [0.25, 0.3) is 0 Å². The molecule has 0 aromatic rings. The predicted octanol–water partition coefficient (Wildman–Crippen LogP) is -2.22. The highest BCUT2D eigenvalue weighted by atomic mass is 35.5. The molecule has 0 heterocycles. The van der Waals surface area contributed by atoms with Gasteiger partial charge in [0, 0.05) is 0 Å². The molecule has 1 N–H and O–H groups in total. The largest absolute Gasteiger partial charge is 1.00 e. The van der Waals surface area contributed by atoms with E-state index in [9.17, 15) is 5.11 Å². The van der Waals surface area contributed by atoms with E-state index in [1.807, 2.05) is 14.1 Å². The van der Waals surface area contributed by atoms with E-state index in [0.29, 0.717) is 17.8 Å². The van der Waals surface area contributed by atoms with E-state index in [-0.39, 0.29) is 18.3 Å². The van der Waals surface area contributed by atoms with Crippen LogP contribution in [-0.4, -0.2) is 48.9 Å². The summed E-state index contributed by atoms with van der Waals surface area (Å²) in [6, 6.07) is 0. The number of nitrogens with zero attached hydrogens (tertiary/aromatic N) is 1. The van der Waals surface area contributed by atoms with Crippen LogP contribution in [0.2, 0.25) is 0 Å². The average molecular weight is 230 g/mol. The van der Waals surface area contributed by atoms with Crippen LogP contribution in [0.15, 0.2) is 12.8 Å². The van der Waals surface area contributed by atoms with Gasteiger partial charge in [0.05, 0.1) is 26.2 Å². The third-order valence-electron chi connectivity index (χ3n) is 1.42. The second-order valence-corrected chi connectivity index (χ2v) is 3.70. The molecule has 0 bridgehead atoms. The van der Waals surface area contributed by atoms with Crippen LogP contribution in [0, 0.1) is 0 Å². The summed E-state index contributed by atoms with van der Waals surface area (Å²) in [5.74, 6) is 0.260. The lowest BCUT2D eigenvalue weighted by atomic mass is 10.3. The monoisotopic (exact) mass is 229 g/mol. The number of halogens is 2. The molecule has 0 aliphatic carbocycles. The zero-order chi connectivity index (χ0) is 9.61. The molecule has 0 aliphatic rings. The van der Waals surface area contributed by atoms with Gasteiger partial charge in [-0.3, -0.25) is 4.48 Å². The zero-order valence-corrected chi connectivity index (χ0v) is 9.55. The van der Waals surface area contributed by atoms with Gasteiger partial charge in [0.25, 0.3) is 0 Å². The van der Waals surface area contributed by atoms with Crippen molar-refractivity contribution in [2.45, 2.75) is 6.10 Å². The minimum atomic E-state index is -0.477. The number of aliphatic hydroxyl groups is 1. The maximum absolute atomic E-state index is 9.26. The molecule has 5 heteroatoms. The van der Waals surface area contributed by atoms with Crippen molar-refractivity contribution in [1.29, 1.82) is 0 Å². The molecule has 13 heavy (non-hydrogen) atoms. The summed E-state index contributed by atoms with van der Waals surface area (Å²) in [7, 11) is 3.92. The molecule has 0 saturated heterocycles. The Balaban J connectivity index is 0. The van der Waals surface area contributed by atoms with Gasteiger partial charge in [-0.2, -0.15) is 0 Å². The average Bonchev–Trinajstić information content (AvgIpc) is 2.00. The summed E-state index contributed by atoms with van der Waals surface area (Å²) in [6.45, 7) is 4.52. The summed E-state index contributed by atoms with van der Waals surface area (Å²) in [5, 5.41) is 9.26. The second-order valence-electron chi connectivity index (χ2n) is 3.39.